The molecule has 0 fully saturated rings. The topological polar surface area (TPSA) is 29.1 Å². The smallest absolute Gasteiger partial charge is 0.235 e. The van der Waals surface area contributed by atoms with E-state index in [1.807, 2.05) is 45.0 Å². The second kappa shape index (κ2) is 4.67. The van der Waals surface area contributed by atoms with Gasteiger partial charge < -0.3 is 5.32 Å². The number of rotatable bonds is 3. The van der Waals surface area contributed by atoms with Crippen molar-refractivity contribution in [3.63, 3.8) is 0 Å². The van der Waals surface area contributed by atoms with Gasteiger partial charge in [-0.05, 0) is 31.9 Å². The number of hydrogen-bond donors (Lipinski definition) is 1. The van der Waals surface area contributed by atoms with Crippen LogP contribution in [0.5, 0.6) is 0 Å². The molecule has 0 saturated heterocycles. The summed E-state index contributed by atoms with van der Waals surface area (Å²) in [5.41, 5.74) is 1.90. The molecule has 0 unspecified atom stereocenters. The van der Waals surface area contributed by atoms with Gasteiger partial charge >= 0.3 is 0 Å². The van der Waals surface area contributed by atoms with Gasteiger partial charge in [0.05, 0.1) is 5.54 Å². The number of carbonyl (C=O) groups is 1. The maximum absolute atomic E-state index is 11.3. The Morgan fingerprint density at radius 2 is 2.00 bits per heavy atom. The van der Waals surface area contributed by atoms with Crippen molar-refractivity contribution in [2.75, 3.05) is 5.88 Å². The van der Waals surface area contributed by atoms with Crippen molar-refractivity contribution in [2.24, 2.45) is 0 Å². The molecule has 0 bridgehead atoms. The van der Waals surface area contributed by atoms with Crippen LogP contribution >= 0.6 is 11.6 Å². The average Bonchev–Trinajstić information content (AvgIpc) is 2.17. The Hall–Kier alpha value is -1.02. The zero-order valence-corrected chi connectivity index (χ0v) is 10.1. The molecule has 1 N–H and O–H groups in total. The quantitative estimate of drug-likeness (QED) is 0.788. The van der Waals surface area contributed by atoms with Crippen molar-refractivity contribution < 1.29 is 4.79 Å². The Bertz CT molecular complexity index is 360. The summed E-state index contributed by atoms with van der Waals surface area (Å²) in [4.78, 5) is 11.3. The predicted molar refractivity (Wildman–Crippen MR) is 63.1 cm³/mol. The zero-order chi connectivity index (χ0) is 11.5. The van der Waals surface area contributed by atoms with Gasteiger partial charge in [-0.15, -0.1) is 11.6 Å². The molecule has 1 aromatic carbocycles. The van der Waals surface area contributed by atoms with E-state index in [1.54, 1.807) is 0 Å². The van der Waals surface area contributed by atoms with E-state index >= 15 is 0 Å². The lowest BCUT2D eigenvalue weighted by Crippen LogP contribution is -2.42. The summed E-state index contributed by atoms with van der Waals surface area (Å²) >= 11 is 5.47. The van der Waals surface area contributed by atoms with Crippen LogP contribution in [0, 0.1) is 6.92 Å². The normalized spacial score (nSPS) is 11.2. The third kappa shape index (κ3) is 2.96. The Balaban J connectivity index is 2.95. The summed E-state index contributed by atoms with van der Waals surface area (Å²) in [6, 6.07) is 8.00. The lowest BCUT2D eigenvalue weighted by atomic mass is 9.90. The van der Waals surface area contributed by atoms with Crippen LogP contribution in [0.15, 0.2) is 24.3 Å². The molecule has 15 heavy (non-hydrogen) atoms. The second-order valence-electron chi connectivity index (χ2n) is 4.12. The van der Waals surface area contributed by atoms with Crippen LogP contribution in [0.2, 0.25) is 0 Å². The number of hydrogen-bond acceptors (Lipinski definition) is 1. The summed E-state index contributed by atoms with van der Waals surface area (Å²) in [7, 11) is 0. The molecule has 0 saturated carbocycles. The van der Waals surface area contributed by atoms with E-state index in [1.165, 1.54) is 0 Å². The van der Waals surface area contributed by atoms with Crippen LogP contribution in [0.25, 0.3) is 0 Å². The van der Waals surface area contributed by atoms with Gasteiger partial charge in [0.25, 0.3) is 0 Å². The van der Waals surface area contributed by atoms with E-state index < -0.39 is 0 Å². The molecule has 3 heteroatoms. The van der Waals surface area contributed by atoms with Crippen LogP contribution < -0.4 is 5.32 Å². The SMILES string of the molecule is Cc1ccccc1C(C)(C)NC(=O)CCl. The van der Waals surface area contributed by atoms with Crippen molar-refractivity contribution in [1.82, 2.24) is 5.32 Å². The first-order chi connectivity index (χ1) is 6.97. The van der Waals surface area contributed by atoms with Gasteiger partial charge in [-0.3, -0.25) is 4.79 Å². The van der Waals surface area contributed by atoms with E-state index in [-0.39, 0.29) is 17.3 Å². The number of amides is 1. The number of nitrogens with one attached hydrogen (secondary N) is 1. The Kier molecular flexibility index (Phi) is 3.75. The van der Waals surface area contributed by atoms with E-state index in [0.29, 0.717) is 0 Å². The summed E-state index contributed by atoms with van der Waals surface area (Å²) in [6.07, 6.45) is 0. The van der Waals surface area contributed by atoms with E-state index in [0.717, 1.165) is 11.1 Å². The van der Waals surface area contributed by atoms with Crippen LogP contribution in [-0.4, -0.2) is 11.8 Å². The molecule has 1 amide bonds. The highest BCUT2D eigenvalue weighted by Gasteiger charge is 2.23. The van der Waals surface area contributed by atoms with Crippen LogP contribution in [0.4, 0.5) is 0 Å². The van der Waals surface area contributed by atoms with Crippen molar-refractivity contribution in [2.45, 2.75) is 26.3 Å². The minimum absolute atomic E-state index is 0.00465. The number of carbonyl (C=O) groups excluding carboxylic acids is 1. The largest absolute Gasteiger partial charge is 0.346 e. The van der Waals surface area contributed by atoms with E-state index in [9.17, 15) is 4.79 Å². The first kappa shape index (κ1) is 12.1. The molecular formula is C12H16ClNO. The van der Waals surface area contributed by atoms with Gasteiger partial charge in [0.15, 0.2) is 0 Å². The van der Waals surface area contributed by atoms with Gasteiger partial charge in [0, 0.05) is 0 Å². The second-order valence-corrected chi connectivity index (χ2v) is 4.39. The van der Waals surface area contributed by atoms with Gasteiger partial charge in [-0.25, -0.2) is 0 Å². The first-order valence-corrected chi connectivity index (χ1v) is 5.44. The molecule has 82 valence electrons. The fourth-order valence-corrected chi connectivity index (χ4v) is 1.79. The maximum Gasteiger partial charge on any atom is 0.235 e. The molecule has 1 rings (SSSR count). The van der Waals surface area contributed by atoms with Gasteiger partial charge in [-0.1, -0.05) is 24.3 Å². The number of benzene rings is 1. The number of alkyl halides is 1. The van der Waals surface area contributed by atoms with E-state index in [4.69, 9.17) is 11.6 Å². The summed E-state index contributed by atoms with van der Waals surface area (Å²) in [5, 5.41) is 2.89. The van der Waals surface area contributed by atoms with Crippen molar-refractivity contribution in [3.05, 3.63) is 35.4 Å². The standard InChI is InChI=1S/C12H16ClNO/c1-9-6-4-5-7-10(9)12(2,3)14-11(15)8-13/h4-7H,8H2,1-3H3,(H,14,15). The monoisotopic (exact) mass is 225 g/mol. The molecule has 0 atom stereocenters. The van der Waals surface area contributed by atoms with Gasteiger partial charge in [0.1, 0.15) is 5.88 Å². The van der Waals surface area contributed by atoms with Crippen molar-refractivity contribution in [3.8, 4) is 0 Å². The summed E-state index contributed by atoms with van der Waals surface area (Å²) in [6.45, 7) is 5.98. The lowest BCUT2D eigenvalue weighted by Gasteiger charge is -2.28. The molecule has 0 aromatic heterocycles. The predicted octanol–water partition coefficient (Wildman–Crippen LogP) is 2.59. The number of halogens is 1. The molecule has 0 radical (unpaired) electrons. The zero-order valence-electron chi connectivity index (χ0n) is 9.30. The molecule has 0 heterocycles. The highest BCUT2D eigenvalue weighted by molar-refractivity contribution is 6.27. The van der Waals surface area contributed by atoms with E-state index in [2.05, 4.69) is 5.32 Å². The van der Waals surface area contributed by atoms with Crippen LogP contribution in [0.1, 0.15) is 25.0 Å². The molecule has 0 aliphatic heterocycles. The molecule has 0 aliphatic rings. The molecule has 0 spiro atoms. The van der Waals surface area contributed by atoms with Crippen LogP contribution in [-0.2, 0) is 10.3 Å². The maximum atomic E-state index is 11.3. The lowest BCUT2D eigenvalue weighted by molar-refractivity contribution is -0.120. The fourth-order valence-electron chi connectivity index (χ4n) is 1.72. The minimum atomic E-state index is -0.378. The third-order valence-electron chi connectivity index (χ3n) is 2.39. The molecule has 1 aromatic rings. The van der Waals surface area contributed by atoms with Crippen LogP contribution in [0.3, 0.4) is 0 Å². The molecule has 2 nitrogen and oxygen atoms in total. The number of aryl methyl sites for hydroxylation is 1. The van der Waals surface area contributed by atoms with Crippen molar-refractivity contribution in [1.29, 1.82) is 0 Å². The Morgan fingerprint density at radius 3 is 2.53 bits per heavy atom. The molecular weight excluding hydrogens is 210 g/mol. The van der Waals surface area contributed by atoms with Gasteiger partial charge in [0.2, 0.25) is 5.91 Å². The summed E-state index contributed by atoms with van der Waals surface area (Å²) in [5.74, 6) is -0.153. The van der Waals surface area contributed by atoms with Crippen molar-refractivity contribution >= 4 is 17.5 Å². The first-order valence-electron chi connectivity index (χ1n) is 4.90. The average molecular weight is 226 g/mol. The summed E-state index contributed by atoms with van der Waals surface area (Å²) < 4.78 is 0. The molecule has 0 aliphatic carbocycles. The van der Waals surface area contributed by atoms with Gasteiger partial charge in [-0.2, -0.15) is 0 Å². The fraction of sp³-hybridized carbons (Fsp3) is 0.417. The highest BCUT2D eigenvalue weighted by Crippen LogP contribution is 2.23. The Labute approximate surface area is 95.6 Å². The minimum Gasteiger partial charge on any atom is -0.346 e. The third-order valence-corrected chi connectivity index (χ3v) is 2.63. The Morgan fingerprint density at radius 1 is 1.40 bits per heavy atom. The highest BCUT2D eigenvalue weighted by atomic mass is 35.5.